The summed E-state index contributed by atoms with van der Waals surface area (Å²) >= 11 is 0. The second-order valence-corrected chi connectivity index (χ2v) is 4.65. The monoisotopic (exact) mass is 196 g/mol. The van der Waals surface area contributed by atoms with Crippen LogP contribution in [0.1, 0.15) is 20.3 Å². The summed E-state index contributed by atoms with van der Waals surface area (Å²) in [5.74, 6) is 0.227. The molecule has 1 fully saturated rings. The van der Waals surface area contributed by atoms with Crippen molar-refractivity contribution in [2.24, 2.45) is 5.41 Å². The van der Waals surface area contributed by atoms with Crippen LogP contribution in [0.4, 0.5) is 0 Å². The molecule has 0 unspecified atom stereocenters. The van der Waals surface area contributed by atoms with Gasteiger partial charge >= 0.3 is 0 Å². The van der Waals surface area contributed by atoms with Crippen LogP contribution in [-0.4, -0.2) is 37.0 Å². The van der Waals surface area contributed by atoms with E-state index in [4.69, 9.17) is 0 Å². The van der Waals surface area contributed by atoms with E-state index in [0.717, 1.165) is 19.6 Å². The molecule has 1 N–H and O–H groups in total. The molecule has 3 heteroatoms. The van der Waals surface area contributed by atoms with Crippen molar-refractivity contribution in [3.63, 3.8) is 0 Å². The lowest BCUT2D eigenvalue weighted by Crippen LogP contribution is -2.47. The zero-order valence-electron chi connectivity index (χ0n) is 9.18. The molecule has 0 aromatic carbocycles. The van der Waals surface area contributed by atoms with Crippen molar-refractivity contribution < 1.29 is 4.79 Å². The highest BCUT2D eigenvalue weighted by Gasteiger charge is 2.25. The summed E-state index contributed by atoms with van der Waals surface area (Å²) in [6, 6.07) is 0. The average molecular weight is 196 g/mol. The molecule has 0 saturated carbocycles. The van der Waals surface area contributed by atoms with E-state index in [1.54, 1.807) is 6.08 Å². The maximum Gasteiger partial charge on any atom is 0.224 e. The van der Waals surface area contributed by atoms with E-state index >= 15 is 0 Å². The first kappa shape index (κ1) is 11.2. The largest absolute Gasteiger partial charge is 0.338 e. The molecule has 0 bridgehead atoms. The number of carbonyl (C=O) groups is 1. The first-order valence-corrected chi connectivity index (χ1v) is 5.14. The summed E-state index contributed by atoms with van der Waals surface area (Å²) in [4.78, 5) is 13.6. The zero-order chi connectivity index (χ0) is 10.6. The number of hydrogen-bond acceptors (Lipinski definition) is 2. The highest BCUT2D eigenvalue weighted by molar-refractivity contribution is 5.76. The third kappa shape index (κ3) is 3.14. The van der Waals surface area contributed by atoms with Crippen molar-refractivity contribution in [2.75, 3.05) is 26.2 Å². The van der Waals surface area contributed by atoms with Crippen molar-refractivity contribution in [3.05, 3.63) is 12.7 Å². The van der Waals surface area contributed by atoms with Gasteiger partial charge in [0, 0.05) is 32.6 Å². The summed E-state index contributed by atoms with van der Waals surface area (Å²) in [6.07, 6.45) is 2.40. The Hall–Kier alpha value is -0.830. The van der Waals surface area contributed by atoms with Crippen LogP contribution in [0.15, 0.2) is 12.7 Å². The topological polar surface area (TPSA) is 32.3 Å². The van der Waals surface area contributed by atoms with E-state index in [-0.39, 0.29) is 11.3 Å². The Morgan fingerprint density at radius 1 is 1.64 bits per heavy atom. The first-order chi connectivity index (χ1) is 6.55. The fraction of sp³-hybridized carbons (Fsp3) is 0.727. The van der Waals surface area contributed by atoms with Gasteiger partial charge in [-0.05, 0) is 5.41 Å². The third-order valence-electron chi connectivity index (χ3n) is 2.44. The Balaban J connectivity index is 2.66. The van der Waals surface area contributed by atoms with E-state index in [2.05, 4.69) is 25.7 Å². The predicted octanol–water partition coefficient (Wildman–Crippen LogP) is 1.02. The fourth-order valence-corrected chi connectivity index (χ4v) is 1.76. The van der Waals surface area contributed by atoms with Crippen molar-refractivity contribution in [1.82, 2.24) is 10.2 Å². The lowest BCUT2D eigenvalue weighted by atomic mass is 9.91. The molecule has 0 radical (unpaired) electrons. The number of carbonyl (C=O) groups excluding carboxylic acids is 1. The van der Waals surface area contributed by atoms with Gasteiger partial charge in [0.25, 0.3) is 0 Å². The smallest absolute Gasteiger partial charge is 0.224 e. The van der Waals surface area contributed by atoms with Crippen LogP contribution in [0.3, 0.4) is 0 Å². The molecule has 1 heterocycles. The summed E-state index contributed by atoms with van der Waals surface area (Å²) in [6.45, 7) is 11.3. The molecule has 1 aliphatic heterocycles. The van der Waals surface area contributed by atoms with Gasteiger partial charge in [-0.3, -0.25) is 4.79 Å². The first-order valence-electron chi connectivity index (χ1n) is 5.14. The minimum Gasteiger partial charge on any atom is -0.338 e. The van der Waals surface area contributed by atoms with Crippen LogP contribution in [-0.2, 0) is 4.79 Å². The molecule has 0 aromatic heterocycles. The summed E-state index contributed by atoms with van der Waals surface area (Å²) in [7, 11) is 0. The molecule has 1 rings (SSSR count). The van der Waals surface area contributed by atoms with E-state index in [0.29, 0.717) is 13.0 Å². The van der Waals surface area contributed by atoms with Crippen LogP contribution >= 0.6 is 0 Å². The minimum atomic E-state index is 0.152. The molecular formula is C11H20N2O. The van der Waals surface area contributed by atoms with Crippen LogP contribution in [0, 0.1) is 5.41 Å². The molecule has 3 nitrogen and oxygen atoms in total. The van der Waals surface area contributed by atoms with Gasteiger partial charge < -0.3 is 10.2 Å². The minimum absolute atomic E-state index is 0.152. The molecule has 1 aliphatic rings. The summed E-state index contributed by atoms with van der Waals surface area (Å²) in [5.41, 5.74) is 0.152. The standard InChI is InChI=1S/C11H20N2O/c1-4-7-13-9-11(2,3)8-12-6-5-10(13)14/h4,12H,1,5-9H2,2-3H3. The van der Waals surface area contributed by atoms with Crippen LogP contribution in [0.25, 0.3) is 0 Å². The van der Waals surface area contributed by atoms with E-state index in [9.17, 15) is 4.79 Å². The van der Waals surface area contributed by atoms with Crippen molar-refractivity contribution >= 4 is 5.91 Å². The second-order valence-electron chi connectivity index (χ2n) is 4.65. The van der Waals surface area contributed by atoms with Crippen molar-refractivity contribution in [1.29, 1.82) is 0 Å². The van der Waals surface area contributed by atoms with Gasteiger partial charge in [0.15, 0.2) is 0 Å². The molecule has 80 valence electrons. The fourth-order valence-electron chi connectivity index (χ4n) is 1.76. The van der Waals surface area contributed by atoms with Gasteiger partial charge in [0.05, 0.1) is 0 Å². The third-order valence-corrected chi connectivity index (χ3v) is 2.44. The number of amides is 1. The molecule has 14 heavy (non-hydrogen) atoms. The van der Waals surface area contributed by atoms with E-state index < -0.39 is 0 Å². The van der Waals surface area contributed by atoms with Gasteiger partial charge in [0.1, 0.15) is 0 Å². The van der Waals surface area contributed by atoms with Crippen LogP contribution in [0.5, 0.6) is 0 Å². The SMILES string of the molecule is C=CCN1CC(C)(C)CNCCC1=O. The highest BCUT2D eigenvalue weighted by atomic mass is 16.2. The average Bonchev–Trinajstić information content (AvgIpc) is 2.09. The lowest BCUT2D eigenvalue weighted by Gasteiger charge is -2.34. The molecule has 0 atom stereocenters. The van der Waals surface area contributed by atoms with Crippen molar-refractivity contribution in [3.8, 4) is 0 Å². The van der Waals surface area contributed by atoms with Crippen molar-refractivity contribution in [2.45, 2.75) is 20.3 Å². The second kappa shape index (κ2) is 4.60. The number of nitrogens with zero attached hydrogens (tertiary/aromatic N) is 1. The Morgan fingerprint density at radius 3 is 3.00 bits per heavy atom. The Morgan fingerprint density at radius 2 is 2.36 bits per heavy atom. The maximum atomic E-state index is 11.7. The molecule has 0 aromatic rings. The quantitative estimate of drug-likeness (QED) is 0.669. The summed E-state index contributed by atoms with van der Waals surface area (Å²) < 4.78 is 0. The maximum absolute atomic E-state index is 11.7. The van der Waals surface area contributed by atoms with Gasteiger partial charge in [-0.25, -0.2) is 0 Å². The highest BCUT2D eigenvalue weighted by Crippen LogP contribution is 2.17. The van der Waals surface area contributed by atoms with E-state index in [1.165, 1.54) is 0 Å². The Labute approximate surface area is 86.2 Å². The van der Waals surface area contributed by atoms with Crippen LogP contribution in [0.2, 0.25) is 0 Å². The Kier molecular flexibility index (Phi) is 3.69. The van der Waals surface area contributed by atoms with E-state index in [1.807, 2.05) is 4.90 Å². The summed E-state index contributed by atoms with van der Waals surface area (Å²) in [5, 5.41) is 3.30. The number of nitrogens with one attached hydrogen (secondary N) is 1. The number of rotatable bonds is 2. The van der Waals surface area contributed by atoms with Gasteiger partial charge in [-0.2, -0.15) is 0 Å². The zero-order valence-corrected chi connectivity index (χ0v) is 9.18. The van der Waals surface area contributed by atoms with Crippen LogP contribution < -0.4 is 5.32 Å². The van der Waals surface area contributed by atoms with Gasteiger partial charge in [0.2, 0.25) is 5.91 Å². The predicted molar refractivity (Wildman–Crippen MR) is 58.0 cm³/mol. The molecular weight excluding hydrogens is 176 g/mol. The normalized spacial score (nSPS) is 22.7. The lowest BCUT2D eigenvalue weighted by molar-refractivity contribution is -0.132. The molecule has 0 aliphatic carbocycles. The molecule has 1 amide bonds. The Bertz CT molecular complexity index is 223. The molecule has 1 saturated heterocycles. The number of hydrogen-bond donors (Lipinski definition) is 1. The van der Waals surface area contributed by atoms with Gasteiger partial charge in [-0.1, -0.05) is 19.9 Å². The van der Waals surface area contributed by atoms with Gasteiger partial charge in [-0.15, -0.1) is 6.58 Å². The molecule has 0 spiro atoms.